The predicted octanol–water partition coefficient (Wildman–Crippen LogP) is 2.30. The molecule has 1 aromatic carbocycles. The first-order valence-electron chi connectivity index (χ1n) is 8.48. The fourth-order valence-electron chi connectivity index (χ4n) is 3.49. The number of piperazine rings is 1. The van der Waals surface area contributed by atoms with Gasteiger partial charge >= 0.3 is 0 Å². The highest BCUT2D eigenvalue weighted by molar-refractivity contribution is 5.86. The number of carbonyl (C=O) groups excluding carboxylic acids is 1. The molecular formula is C18H29Cl2N3O2. The van der Waals surface area contributed by atoms with Gasteiger partial charge in [-0.15, -0.1) is 24.8 Å². The van der Waals surface area contributed by atoms with Gasteiger partial charge in [0.2, 0.25) is 5.91 Å². The first-order chi connectivity index (χ1) is 11.0. The number of ether oxygens (including phenoxy) is 1. The Hall–Kier alpha value is -1.01. The van der Waals surface area contributed by atoms with E-state index in [1.54, 1.807) is 0 Å². The Balaban J connectivity index is 0.00000156. The van der Waals surface area contributed by atoms with Crippen molar-refractivity contribution in [2.45, 2.75) is 32.2 Å². The third-order valence-electron chi connectivity index (χ3n) is 5.29. The van der Waals surface area contributed by atoms with Gasteiger partial charge < -0.3 is 20.3 Å². The molecule has 0 bridgehead atoms. The average Bonchev–Trinajstić information content (AvgIpc) is 2.58. The fourth-order valence-corrected chi connectivity index (χ4v) is 3.49. The second kappa shape index (κ2) is 9.08. The lowest BCUT2D eigenvalue weighted by atomic mass is 9.89. The van der Waals surface area contributed by atoms with Crippen LogP contribution < -0.4 is 10.6 Å². The number of benzene rings is 1. The Kier molecular flexibility index (Phi) is 8.00. The zero-order valence-electron chi connectivity index (χ0n) is 15.0. The van der Waals surface area contributed by atoms with Crippen LogP contribution in [0.4, 0.5) is 5.69 Å². The van der Waals surface area contributed by atoms with Gasteiger partial charge in [0.05, 0.1) is 5.54 Å². The third-order valence-corrected chi connectivity index (χ3v) is 5.29. The monoisotopic (exact) mass is 389 g/mol. The van der Waals surface area contributed by atoms with Crippen molar-refractivity contribution in [2.75, 3.05) is 44.3 Å². The smallest absolute Gasteiger partial charge is 0.242 e. The molecule has 2 fully saturated rings. The molecule has 1 aromatic rings. The Morgan fingerprint density at radius 2 is 1.68 bits per heavy atom. The van der Waals surface area contributed by atoms with Gasteiger partial charge in [0.25, 0.3) is 0 Å². The molecule has 142 valence electrons. The van der Waals surface area contributed by atoms with Crippen LogP contribution in [-0.4, -0.2) is 55.7 Å². The van der Waals surface area contributed by atoms with Crippen LogP contribution in [0.15, 0.2) is 18.2 Å². The summed E-state index contributed by atoms with van der Waals surface area (Å²) in [4.78, 5) is 17.1. The molecule has 0 radical (unpaired) electrons. The van der Waals surface area contributed by atoms with E-state index in [0.717, 1.165) is 26.2 Å². The first kappa shape index (κ1) is 22.0. The molecule has 0 unspecified atom stereocenters. The molecule has 25 heavy (non-hydrogen) atoms. The number of amides is 1. The number of aryl methyl sites for hydroxylation is 1. The van der Waals surface area contributed by atoms with Crippen LogP contribution >= 0.6 is 24.8 Å². The summed E-state index contributed by atoms with van der Waals surface area (Å²) in [6.07, 6.45) is 1.26. The standard InChI is InChI=1S/C18H27N3O2.2ClH/c1-14-4-3-5-16(15(14)2)20-8-10-21(11-9-20)17(22)18(19)6-12-23-13-7-18;;/h3-5H,6-13,19H2,1-2H3;2*1H. The summed E-state index contributed by atoms with van der Waals surface area (Å²) >= 11 is 0. The summed E-state index contributed by atoms with van der Waals surface area (Å²) in [6.45, 7) is 8.69. The average molecular weight is 390 g/mol. The molecular weight excluding hydrogens is 361 g/mol. The Labute approximate surface area is 162 Å². The Morgan fingerprint density at radius 3 is 2.28 bits per heavy atom. The van der Waals surface area contributed by atoms with Gasteiger partial charge in [-0.25, -0.2) is 0 Å². The van der Waals surface area contributed by atoms with Crippen LogP contribution in [0.3, 0.4) is 0 Å². The van der Waals surface area contributed by atoms with Crippen molar-refractivity contribution in [3.8, 4) is 0 Å². The highest BCUT2D eigenvalue weighted by atomic mass is 35.5. The van der Waals surface area contributed by atoms with E-state index in [1.165, 1.54) is 16.8 Å². The van der Waals surface area contributed by atoms with Crippen LogP contribution in [0, 0.1) is 13.8 Å². The number of halogens is 2. The van der Waals surface area contributed by atoms with Crippen molar-refractivity contribution < 1.29 is 9.53 Å². The summed E-state index contributed by atoms with van der Waals surface area (Å²) in [6, 6.07) is 6.41. The molecule has 0 atom stereocenters. The summed E-state index contributed by atoms with van der Waals surface area (Å²) in [5.41, 5.74) is 9.53. The van der Waals surface area contributed by atoms with Gasteiger partial charge in [0, 0.05) is 45.1 Å². The molecule has 2 N–H and O–H groups in total. The zero-order valence-corrected chi connectivity index (χ0v) is 16.6. The third kappa shape index (κ3) is 4.59. The van der Waals surface area contributed by atoms with E-state index in [9.17, 15) is 4.79 Å². The van der Waals surface area contributed by atoms with Crippen LogP contribution in [-0.2, 0) is 9.53 Å². The molecule has 3 rings (SSSR count). The maximum absolute atomic E-state index is 12.8. The molecule has 1 amide bonds. The summed E-state index contributed by atoms with van der Waals surface area (Å²) in [7, 11) is 0. The van der Waals surface area contributed by atoms with E-state index in [4.69, 9.17) is 10.5 Å². The molecule has 2 aliphatic heterocycles. The highest BCUT2D eigenvalue weighted by Gasteiger charge is 2.39. The minimum atomic E-state index is -0.723. The molecule has 0 spiro atoms. The molecule has 0 aromatic heterocycles. The predicted molar refractivity (Wildman–Crippen MR) is 106 cm³/mol. The summed E-state index contributed by atoms with van der Waals surface area (Å²) in [5.74, 6) is 0.0985. The topological polar surface area (TPSA) is 58.8 Å². The van der Waals surface area contributed by atoms with E-state index in [2.05, 4.69) is 36.9 Å². The van der Waals surface area contributed by atoms with Crippen LogP contribution in [0.1, 0.15) is 24.0 Å². The summed E-state index contributed by atoms with van der Waals surface area (Å²) in [5, 5.41) is 0. The maximum Gasteiger partial charge on any atom is 0.242 e. The SMILES string of the molecule is Cc1cccc(N2CCN(C(=O)C3(N)CCOCC3)CC2)c1C.Cl.Cl. The minimum Gasteiger partial charge on any atom is -0.381 e. The molecule has 5 nitrogen and oxygen atoms in total. The normalized spacial score (nSPS) is 19.6. The number of carbonyl (C=O) groups is 1. The number of nitrogens with two attached hydrogens (primary N) is 1. The Bertz CT molecular complexity index is 584. The van der Waals surface area contributed by atoms with Gasteiger partial charge in [0.15, 0.2) is 0 Å². The lowest BCUT2D eigenvalue weighted by Crippen LogP contribution is -2.61. The molecule has 0 aliphatic carbocycles. The van der Waals surface area contributed by atoms with Gasteiger partial charge in [-0.3, -0.25) is 4.79 Å². The quantitative estimate of drug-likeness (QED) is 0.842. The van der Waals surface area contributed by atoms with E-state index >= 15 is 0 Å². The number of rotatable bonds is 2. The molecule has 2 aliphatic rings. The number of hydrogen-bond acceptors (Lipinski definition) is 4. The molecule has 7 heteroatoms. The van der Waals surface area contributed by atoms with Crippen molar-refractivity contribution in [2.24, 2.45) is 5.73 Å². The number of anilines is 1. The van der Waals surface area contributed by atoms with Gasteiger partial charge in [-0.2, -0.15) is 0 Å². The fraction of sp³-hybridized carbons (Fsp3) is 0.611. The van der Waals surface area contributed by atoms with Crippen molar-refractivity contribution >= 4 is 36.4 Å². The van der Waals surface area contributed by atoms with E-state index < -0.39 is 5.54 Å². The lowest BCUT2D eigenvalue weighted by Gasteiger charge is -2.42. The van der Waals surface area contributed by atoms with E-state index in [1.807, 2.05) is 4.90 Å². The van der Waals surface area contributed by atoms with Crippen LogP contribution in [0.2, 0.25) is 0 Å². The van der Waals surface area contributed by atoms with Gasteiger partial charge in [0.1, 0.15) is 0 Å². The highest BCUT2D eigenvalue weighted by Crippen LogP contribution is 2.25. The lowest BCUT2D eigenvalue weighted by molar-refractivity contribution is -0.140. The molecule has 2 heterocycles. The summed E-state index contributed by atoms with van der Waals surface area (Å²) < 4.78 is 5.34. The van der Waals surface area contributed by atoms with Crippen LogP contribution in [0.5, 0.6) is 0 Å². The van der Waals surface area contributed by atoms with Crippen molar-refractivity contribution in [3.05, 3.63) is 29.3 Å². The first-order valence-corrected chi connectivity index (χ1v) is 8.48. The number of nitrogens with zero attached hydrogens (tertiary/aromatic N) is 2. The zero-order chi connectivity index (χ0) is 16.4. The maximum atomic E-state index is 12.8. The Morgan fingerprint density at radius 1 is 1.08 bits per heavy atom. The molecule has 2 saturated heterocycles. The second-order valence-corrected chi connectivity index (χ2v) is 6.77. The number of hydrogen-bond donors (Lipinski definition) is 1. The van der Waals surface area contributed by atoms with Gasteiger partial charge in [-0.1, -0.05) is 12.1 Å². The minimum absolute atomic E-state index is 0. The van der Waals surface area contributed by atoms with Crippen molar-refractivity contribution in [1.29, 1.82) is 0 Å². The van der Waals surface area contributed by atoms with E-state index in [-0.39, 0.29) is 30.7 Å². The van der Waals surface area contributed by atoms with E-state index in [0.29, 0.717) is 26.1 Å². The second-order valence-electron chi connectivity index (χ2n) is 6.77. The van der Waals surface area contributed by atoms with Crippen molar-refractivity contribution in [1.82, 2.24) is 4.90 Å². The van der Waals surface area contributed by atoms with Crippen LogP contribution in [0.25, 0.3) is 0 Å². The molecule has 0 saturated carbocycles. The van der Waals surface area contributed by atoms with Gasteiger partial charge in [-0.05, 0) is 43.9 Å². The largest absolute Gasteiger partial charge is 0.381 e. The van der Waals surface area contributed by atoms with Crippen molar-refractivity contribution in [3.63, 3.8) is 0 Å².